The number of anilines is 1. The highest BCUT2D eigenvalue weighted by molar-refractivity contribution is 9.09. The molecule has 12 nitrogen and oxygen atoms in total. The van der Waals surface area contributed by atoms with Gasteiger partial charge >= 0.3 is 0 Å². The molecule has 2 N–H and O–H groups in total. The Labute approximate surface area is 327 Å². The number of aryl methyl sites for hydroxylation is 1. The number of hydrogen-bond acceptors (Lipinski definition) is 7. The Kier molecular flexibility index (Phi) is 15.9. The molecular formula is C41H52BrN9O3. The van der Waals surface area contributed by atoms with Crippen molar-refractivity contribution in [3.05, 3.63) is 102 Å². The summed E-state index contributed by atoms with van der Waals surface area (Å²) in [5, 5.41) is 15.3. The van der Waals surface area contributed by atoms with Crippen molar-refractivity contribution < 1.29 is 14.4 Å². The van der Waals surface area contributed by atoms with Gasteiger partial charge in [-0.25, -0.2) is 4.99 Å². The van der Waals surface area contributed by atoms with E-state index in [1.54, 1.807) is 4.90 Å². The molecule has 3 fully saturated rings. The summed E-state index contributed by atoms with van der Waals surface area (Å²) in [5.74, 6) is 0.237. The van der Waals surface area contributed by atoms with Gasteiger partial charge in [0.2, 0.25) is 23.7 Å². The van der Waals surface area contributed by atoms with E-state index < -0.39 is 6.04 Å². The van der Waals surface area contributed by atoms with Gasteiger partial charge in [-0.15, -0.1) is 0 Å². The highest BCUT2D eigenvalue weighted by atomic mass is 79.9. The fraction of sp³-hybridized carbons (Fsp3) is 0.439. The molecular weight excluding hydrogens is 746 g/mol. The van der Waals surface area contributed by atoms with Crippen LogP contribution in [0.5, 0.6) is 0 Å². The van der Waals surface area contributed by atoms with Crippen LogP contribution in [0.15, 0.2) is 89.9 Å². The number of carbonyl (C=O) groups excluding carboxylic acids is 3. The second-order valence-electron chi connectivity index (χ2n) is 13.9. The highest BCUT2D eigenvalue weighted by Gasteiger charge is 2.31. The topological polar surface area (TPSA) is 128 Å². The number of halogens is 1. The van der Waals surface area contributed by atoms with E-state index in [1.165, 1.54) is 11.1 Å². The summed E-state index contributed by atoms with van der Waals surface area (Å²) in [6.07, 6.45) is 4.12. The van der Waals surface area contributed by atoms with Crippen molar-refractivity contribution in [1.82, 2.24) is 29.8 Å². The summed E-state index contributed by atoms with van der Waals surface area (Å²) < 4.78 is 0. The molecule has 3 aliphatic rings. The predicted molar refractivity (Wildman–Crippen MR) is 216 cm³/mol. The molecule has 0 radical (unpaired) electrons. The number of benzene rings is 3. The van der Waals surface area contributed by atoms with E-state index in [2.05, 4.69) is 77.8 Å². The molecule has 3 heterocycles. The monoisotopic (exact) mass is 797 g/mol. The average molecular weight is 799 g/mol. The van der Waals surface area contributed by atoms with Gasteiger partial charge in [0.05, 0.1) is 11.9 Å². The van der Waals surface area contributed by atoms with Crippen molar-refractivity contribution in [2.45, 2.75) is 45.3 Å². The minimum atomic E-state index is -0.647. The quantitative estimate of drug-likeness (QED) is 0.108. The molecule has 0 aliphatic carbocycles. The highest BCUT2D eigenvalue weighted by Crippen LogP contribution is 2.17. The van der Waals surface area contributed by atoms with Crippen molar-refractivity contribution in [3.8, 4) is 6.19 Å². The molecule has 0 bridgehead atoms. The van der Waals surface area contributed by atoms with Gasteiger partial charge in [0.15, 0.2) is 6.19 Å². The van der Waals surface area contributed by atoms with E-state index in [-0.39, 0.29) is 30.2 Å². The van der Waals surface area contributed by atoms with Crippen LogP contribution in [0.4, 0.5) is 5.69 Å². The van der Waals surface area contributed by atoms with Crippen molar-refractivity contribution in [2.24, 2.45) is 4.99 Å². The molecule has 54 heavy (non-hydrogen) atoms. The second-order valence-corrected chi connectivity index (χ2v) is 14.5. The minimum Gasteiger partial charge on any atom is -0.339 e. The summed E-state index contributed by atoms with van der Waals surface area (Å²) in [5.41, 5.74) is 4.46. The summed E-state index contributed by atoms with van der Waals surface area (Å²) >= 11 is 3.21. The zero-order valence-electron chi connectivity index (χ0n) is 31.2. The Bertz CT molecular complexity index is 1720. The third kappa shape index (κ3) is 12.7. The summed E-state index contributed by atoms with van der Waals surface area (Å²) in [4.78, 5) is 52.7. The van der Waals surface area contributed by atoms with Crippen LogP contribution < -0.4 is 10.6 Å². The van der Waals surface area contributed by atoms with Crippen LogP contribution in [0.3, 0.4) is 0 Å². The Balaban J connectivity index is 0.000000274. The first kappa shape index (κ1) is 40.4. The Hall–Kier alpha value is -4.77. The number of amides is 3. The van der Waals surface area contributed by atoms with Gasteiger partial charge in [-0.2, -0.15) is 5.26 Å². The number of nitriles is 1. The fourth-order valence-corrected chi connectivity index (χ4v) is 7.22. The molecule has 1 atom stereocenters. The molecule has 3 amide bonds. The number of hydrogen-bond donors (Lipinski definition) is 2. The van der Waals surface area contributed by atoms with Crippen LogP contribution in [0.25, 0.3) is 0 Å². The molecule has 3 aromatic carbocycles. The lowest BCUT2D eigenvalue weighted by Crippen LogP contribution is -2.52. The van der Waals surface area contributed by atoms with Gasteiger partial charge in [-0.05, 0) is 55.0 Å². The van der Waals surface area contributed by atoms with E-state index in [4.69, 9.17) is 0 Å². The zero-order chi connectivity index (χ0) is 38.1. The second kappa shape index (κ2) is 21.2. The van der Waals surface area contributed by atoms with Gasteiger partial charge < -0.3 is 20.0 Å². The van der Waals surface area contributed by atoms with Crippen molar-refractivity contribution in [3.63, 3.8) is 0 Å². The first-order valence-corrected chi connectivity index (χ1v) is 19.9. The molecule has 13 heteroatoms. The lowest BCUT2D eigenvalue weighted by Gasteiger charge is -2.36. The molecule has 0 aromatic heterocycles. The maximum atomic E-state index is 13.4. The molecule has 3 aromatic rings. The molecule has 0 saturated carbocycles. The number of aliphatic imine (C=N–C) groups is 1. The van der Waals surface area contributed by atoms with Gasteiger partial charge in [0.1, 0.15) is 6.04 Å². The van der Waals surface area contributed by atoms with Gasteiger partial charge in [-0.1, -0.05) is 88.7 Å². The van der Waals surface area contributed by atoms with Crippen LogP contribution in [0, 0.1) is 18.4 Å². The Morgan fingerprint density at radius 2 is 1.35 bits per heavy atom. The first-order valence-electron chi connectivity index (χ1n) is 18.8. The lowest BCUT2D eigenvalue weighted by molar-refractivity contribution is -0.141. The summed E-state index contributed by atoms with van der Waals surface area (Å²) in [6, 6.07) is 27.9. The third-order valence-corrected chi connectivity index (χ3v) is 10.4. The number of piperazine rings is 2. The zero-order valence-corrected chi connectivity index (χ0v) is 32.8. The van der Waals surface area contributed by atoms with E-state index in [9.17, 15) is 19.6 Å². The molecule has 3 aliphatic heterocycles. The number of guanidine groups is 1. The number of alkyl halides is 1. The molecule has 6 rings (SSSR count). The number of rotatable bonds is 9. The van der Waals surface area contributed by atoms with Crippen molar-refractivity contribution in [2.75, 3.05) is 76.1 Å². The largest absolute Gasteiger partial charge is 0.339 e. The minimum absolute atomic E-state index is 0.0226. The smallest absolute Gasteiger partial charge is 0.247 e. The molecule has 3 saturated heterocycles. The Morgan fingerprint density at radius 3 is 1.89 bits per heavy atom. The van der Waals surface area contributed by atoms with E-state index >= 15 is 0 Å². The van der Waals surface area contributed by atoms with E-state index in [1.807, 2.05) is 71.4 Å². The summed E-state index contributed by atoms with van der Waals surface area (Å²) in [7, 11) is 0. The van der Waals surface area contributed by atoms with Gasteiger partial charge in [0, 0.05) is 77.7 Å². The first-order chi connectivity index (χ1) is 26.3. The molecule has 0 spiro atoms. The number of nitrogens with zero attached hydrogens (tertiary/aromatic N) is 7. The maximum Gasteiger partial charge on any atom is 0.247 e. The normalized spacial score (nSPS) is 18.5. The van der Waals surface area contributed by atoms with Gasteiger partial charge in [0.25, 0.3) is 0 Å². The maximum absolute atomic E-state index is 13.4. The number of likely N-dealkylation sites (tertiary alicyclic amines) is 1. The predicted octanol–water partition coefficient (Wildman–Crippen LogP) is 4.28. The van der Waals surface area contributed by atoms with Crippen LogP contribution >= 0.6 is 15.9 Å². The Morgan fingerprint density at radius 1 is 0.778 bits per heavy atom. The van der Waals surface area contributed by atoms with Gasteiger partial charge in [-0.3, -0.25) is 29.5 Å². The van der Waals surface area contributed by atoms with E-state index in [0.29, 0.717) is 31.4 Å². The van der Waals surface area contributed by atoms with Crippen LogP contribution in [-0.4, -0.2) is 125 Å². The van der Waals surface area contributed by atoms with Crippen molar-refractivity contribution in [1.29, 1.82) is 5.26 Å². The summed E-state index contributed by atoms with van der Waals surface area (Å²) in [6.45, 7) is 11.0. The van der Waals surface area contributed by atoms with Crippen LogP contribution in [0.2, 0.25) is 0 Å². The fourth-order valence-electron chi connectivity index (χ4n) is 6.87. The third-order valence-electron chi connectivity index (χ3n) is 9.88. The van der Waals surface area contributed by atoms with E-state index in [0.717, 1.165) is 76.5 Å². The number of nitrogens with one attached hydrogen (secondary N) is 2. The standard InChI is InChI=1S/C28H35N7O2.C13H17BrN2O/c1-22-8-7-11-24(18-22)31-28(30-21-29)32-25-12-5-6-13-35(27(25)37)20-26(36)34-16-14-33(15-17-34)19-23-9-3-2-4-10-23;14-10-13(17)16-8-6-15(7-9-16)11-12-4-2-1-3-5-12/h2-4,7-11,18,25H,5-6,12-17,19-20H2,1H3,(H2,30,31,32);1-5H,6-11H2. The molecule has 286 valence electrons. The van der Waals surface area contributed by atoms with Crippen molar-refractivity contribution >= 4 is 45.3 Å². The van der Waals surface area contributed by atoms with Crippen LogP contribution in [0.1, 0.15) is 36.0 Å². The number of carbonyl (C=O) groups is 3. The van der Waals surface area contributed by atoms with Crippen LogP contribution in [-0.2, 0) is 27.5 Å². The SMILES string of the molecule is Cc1cccc(NC(=NC2CCCCN(CC(=O)N3CCN(Cc4ccccc4)CC3)C2=O)NC#N)c1.O=C(CBr)N1CCN(Cc2ccccc2)CC1. The lowest BCUT2D eigenvalue weighted by atomic mass is 10.1. The molecule has 1 unspecified atom stereocenters. The average Bonchev–Trinajstić information content (AvgIpc) is 3.36.